The molecule has 0 fully saturated rings. The van der Waals surface area contributed by atoms with Gasteiger partial charge in [0.25, 0.3) is 10.0 Å². The molecule has 0 aliphatic rings. The lowest BCUT2D eigenvalue weighted by atomic mass is 10.1. The van der Waals surface area contributed by atoms with Crippen LogP contribution < -0.4 is 14.4 Å². The summed E-state index contributed by atoms with van der Waals surface area (Å²) in [6.07, 6.45) is 0.741. The Morgan fingerprint density at radius 2 is 1.52 bits per heavy atom. The van der Waals surface area contributed by atoms with Gasteiger partial charge in [-0.1, -0.05) is 49.4 Å². The molecule has 0 aliphatic carbocycles. The van der Waals surface area contributed by atoms with Gasteiger partial charge in [-0.25, -0.2) is 8.42 Å². The van der Waals surface area contributed by atoms with E-state index in [9.17, 15) is 18.0 Å². The molecule has 3 aromatic carbocycles. The summed E-state index contributed by atoms with van der Waals surface area (Å²) < 4.78 is 34.3. The van der Waals surface area contributed by atoms with E-state index in [1.165, 1.54) is 17.0 Å². The van der Waals surface area contributed by atoms with Crippen molar-refractivity contribution < 1.29 is 22.7 Å². The Balaban J connectivity index is 2.02. The minimum Gasteiger partial charge on any atom is -0.494 e. The van der Waals surface area contributed by atoms with Crippen molar-refractivity contribution in [1.82, 2.24) is 10.2 Å². The van der Waals surface area contributed by atoms with E-state index in [4.69, 9.17) is 4.74 Å². The molecule has 0 bridgehead atoms. The lowest BCUT2D eigenvalue weighted by Crippen LogP contribution is -2.52. The molecular weight excluding hydrogens is 526 g/mol. The van der Waals surface area contributed by atoms with Crippen LogP contribution in [0.1, 0.15) is 45.2 Å². The SMILES string of the molecule is CCOc1ccc(N(CC(=O)N(Cc2ccccc2C)[C@@H](C)C(=O)N[C@H](C)CC)S(=O)(=O)c2ccccc2)cc1. The Morgan fingerprint density at radius 1 is 0.900 bits per heavy atom. The number of nitrogens with zero attached hydrogens (tertiary/aromatic N) is 2. The summed E-state index contributed by atoms with van der Waals surface area (Å²) in [5.74, 6) is -0.204. The summed E-state index contributed by atoms with van der Waals surface area (Å²) in [6.45, 7) is 9.47. The molecule has 0 saturated carbocycles. The first kappa shape index (κ1) is 30.7. The number of hydrogen-bond donors (Lipinski definition) is 1. The van der Waals surface area contributed by atoms with Crippen molar-refractivity contribution in [3.63, 3.8) is 0 Å². The topological polar surface area (TPSA) is 96.0 Å². The third-order valence-electron chi connectivity index (χ3n) is 6.82. The molecule has 0 radical (unpaired) electrons. The smallest absolute Gasteiger partial charge is 0.264 e. The molecule has 1 N–H and O–H groups in total. The first-order valence-corrected chi connectivity index (χ1v) is 15.0. The summed E-state index contributed by atoms with van der Waals surface area (Å²) in [7, 11) is -4.11. The molecule has 9 heteroatoms. The fourth-order valence-electron chi connectivity index (χ4n) is 4.14. The molecule has 3 aromatic rings. The predicted octanol–water partition coefficient (Wildman–Crippen LogP) is 4.92. The number of benzene rings is 3. The lowest BCUT2D eigenvalue weighted by Gasteiger charge is -2.32. The van der Waals surface area contributed by atoms with Gasteiger partial charge in [0.05, 0.1) is 17.2 Å². The maximum Gasteiger partial charge on any atom is 0.264 e. The van der Waals surface area contributed by atoms with E-state index in [0.29, 0.717) is 18.0 Å². The summed E-state index contributed by atoms with van der Waals surface area (Å²) in [5.41, 5.74) is 2.15. The molecule has 0 heterocycles. The summed E-state index contributed by atoms with van der Waals surface area (Å²) in [5, 5.41) is 2.95. The monoisotopic (exact) mass is 565 g/mol. The highest BCUT2D eigenvalue weighted by molar-refractivity contribution is 7.92. The van der Waals surface area contributed by atoms with Crippen molar-refractivity contribution in [2.24, 2.45) is 0 Å². The van der Waals surface area contributed by atoms with E-state index in [0.717, 1.165) is 21.9 Å². The van der Waals surface area contributed by atoms with Crippen molar-refractivity contribution in [2.75, 3.05) is 17.5 Å². The van der Waals surface area contributed by atoms with Gasteiger partial charge in [0, 0.05) is 12.6 Å². The van der Waals surface area contributed by atoms with Gasteiger partial charge in [-0.2, -0.15) is 0 Å². The maximum absolute atomic E-state index is 14.0. The number of hydrogen-bond acceptors (Lipinski definition) is 5. The van der Waals surface area contributed by atoms with Crippen molar-refractivity contribution in [3.8, 4) is 5.75 Å². The average Bonchev–Trinajstić information content (AvgIpc) is 2.96. The quantitative estimate of drug-likeness (QED) is 0.317. The van der Waals surface area contributed by atoms with Gasteiger partial charge in [-0.05, 0) is 81.6 Å². The van der Waals surface area contributed by atoms with E-state index in [-0.39, 0.29) is 23.4 Å². The van der Waals surface area contributed by atoms with Gasteiger partial charge in [0.1, 0.15) is 18.3 Å². The third-order valence-corrected chi connectivity index (χ3v) is 8.60. The molecule has 214 valence electrons. The van der Waals surface area contributed by atoms with Crippen molar-refractivity contribution in [2.45, 2.75) is 64.6 Å². The highest BCUT2D eigenvalue weighted by Gasteiger charge is 2.33. The van der Waals surface area contributed by atoms with Gasteiger partial charge in [0.15, 0.2) is 0 Å². The molecule has 0 unspecified atom stereocenters. The van der Waals surface area contributed by atoms with Crippen LogP contribution in [-0.4, -0.2) is 50.4 Å². The van der Waals surface area contributed by atoms with Gasteiger partial charge >= 0.3 is 0 Å². The van der Waals surface area contributed by atoms with Crippen LogP contribution in [0, 0.1) is 6.92 Å². The van der Waals surface area contributed by atoms with Crippen molar-refractivity contribution >= 4 is 27.5 Å². The van der Waals surface area contributed by atoms with E-state index in [1.54, 1.807) is 49.4 Å². The molecule has 0 spiro atoms. The summed E-state index contributed by atoms with van der Waals surface area (Å²) in [6, 6.07) is 21.3. The molecule has 40 heavy (non-hydrogen) atoms. The highest BCUT2D eigenvalue weighted by atomic mass is 32.2. The van der Waals surface area contributed by atoms with Crippen LogP contribution >= 0.6 is 0 Å². The lowest BCUT2D eigenvalue weighted by molar-refractivity contribution is -0.139. The molecule has 3 rings (SSSR count). The minimum atomic E-state index is -4.11. The average molecular weight is 566 g/mol. The van der Waals surface area contributed by atoms with Crippen LogP contribution in [0.15, 0.2) is 83.8 Å². The zero-order valence-corrected chi connectivity index (χ0v) is 24.6. The number of aryl methyl sites for hydroxylation is 1. The van der Waals surface area contributed by atoms with Crippen LogP contribution in [0.2, 0.25) is 0 Å². The Morgan fingerprint density at radius 3 is 2.12 bits per heavy atom. The van der Waals surface area contributed by atoms with Gasteiger partial charge < -0.3 is 15.0 Å². The first-order valence-electron chi connectivity index (χ1n) is 13.5. The Kier molecular flexibility index (Phi) is 10.7. The van der Waals surface area contributed by atoms with Crippen LogP contribution in [0.4, 0.5) is 5.69 Å². The second-order valence-electron chi connectivity index (χ2n) is 9.69. The largest absolute Gasteiger partial charge is 0.494 e. The van der Waals surface area contributed by atoms with E-state index in [1.807, 2.05) is 52.0 Å². The minimum absolute atomic E-state index is 0.0599. The van der Waals surface area contributed by atoms with Crippen LogP contribution in [0.5, 0.6) is 5.75 Å². The molecule has 8 nitrogen and oxygen atoms in total. The maximum atomic E-state index is 14.0. The van der Waals surface area contributed by atoms with Crippen LogP contribution in [0.25, 0.3) is 0 Å². The number of ether oxygens (including phenoxy) is 1. The van der Waals surface area contributed by atoms with Crippen LogP contribution in [0.3, 0.4) is 0 Å². The van der Waals surface area contributed by atoms with Crippen molar-refractivity contribution in [3.05, 3.63) is 90.0 Å². The number of carbonyl (C=O) groups excluding carboxylic acids is 2. The van der Waals surface area contributed by atoms with Crippen LogP contribution in [-0.2, 0) is 26.2 Å². The third kappa shape index (κ3) is 7.63. The number of carbonyl (C=O) groups is 2. The van der Waals surface area contributed by atoms with Gasteiger partial charge in [-0.3, -0.25) is 13.9 Å². The predicted molar refractivity (Wildman–Crippen MR) is 158 cm³/mol. The molecule has 0 aliphatic heterocycles. The van der Waals surface area contributed by atoms with E-state index < -0.39 is 28.5 Å². The number of nitrogens with one attached hydrogen (secondary N) is 1. The van der Waals surface area contributed by atoms with E-state index in [2.05, 4.69) is 5.32 Å². The standard InChI is InChI=1S/C31H39N3O5S/c1-6-24(4)32-31(36)25(5)33(21-26-14-12-11-13-23(26)3)30(35)22-34(27-17-19-28(20-18-27)39-7-2)40(37,38)29-15-9-8-10-16-29/h8-20,24-25H,6-7,21-22H2,1-5H3,(H,32,36)/t24-,25+/m1/s1. The summed E-state index contributed by atoms with van der Waals surface area (Å²) in [4.78, 5) is 28.7. The molecule has 0 aromatic heterocycles. The molecule has 2 amide bonds. The second-order valence-corrected chi connectivity index (χ2v) is 11.6. The highest BCUT2D eigenvalue weighted by Crippen LogP contribution is 2.27. The number of sulfonamides is 1. The Labute approximate surface area is 238 Å². The molecular formula is C31H39N3O5S. The van der Waals surface area contributed by atoms with E-state index >= 15 is 0 Å². The number of amides is 2. The first-order chi connectivity index (χ1) is 19.1. The number of rotatable bonds is 13. The van der Waals surface area contributed by atoms with Gasteiger partial charge in [0.2, 0.25) is 11.8 Å². The fraction of sp³-hybridized carbons (Fsp3) is 0.355. The van der Waals surface area contributed by atoms with Gasteiger partial charge in [-0.15, -0.1) is 0 Å². The molecule has 2 atom stereocenters. The molecule has 0 saturated heterocycles. The fourth-order valence-corrected chi connectivity index (χ4v) is 5.58. The number of anilines is 1. The Bertz CT molecular complexity index is 1380. The normalized spacial score (nSPS) is 12.7. The summed E-state index contributed by atoms with van der Waals surface area (Å²) >= 11 is 0. The zero-order chi connectivity index (χ0) is 29.3. The second kappa shape index (κ2) is 14.0. The zero-order valence-electron chi connectivity index (χ0n) is 23.8. The Hall–Kier alpha value is -3.85. The van der Waals surface area contributed by atoms with Crippen molar-refractivity contribution in [1.29, 1.82) is 0 Å².